The standard InChI is InChI=1S/C15H14ClNO4/c1-7-11(14(18)19)13(9-4-3-5-10(16)6-9)12(15(20)21)8(2)17-7/h3-6,13,17H,1-2H3,(H,18,19)(H,20,21). The number of rotatable bonds is 3. The van der Waals surface area contributed by atoms with Gasteiger partial charge in [-0.2, -0.15) is 0 Å². The van der Waals surface area contributed by atoms with Crippen LogP contribution in [0.4, 0.5) is 0 Å². The van der Waals surface area contributed by atoms with Gasteiger partial charge in [0.05, 0.1) is 17.1 Å². The zero-order chi connectivity index (χ0) is 15.7. The van der Waals surface area contributed by atoms with Gasteiger partial charge in [-0.1, -0.05) is 23.7 Å². The van der Waals surface area contributed by atoms with E-state index < -0.39 is 17.9 Å². The average molecular weight is 308 g/mol. The van der Waals surface area contributed by atoms with E-state index in [1.807, 2.05) is 0 Å². The smallest absolute Gasteiger partial charge is 0.334 e. The molecule has 0 saturated heterocycles. The summed E-state index contributed by atoms with van der Waals surface area (Å²) >= 11 is 5.95. The number of hydrogen-bond acceptors (Lipinski definition) is 3. The summed E-state index contributed by atoms with van der Waals surface area (Å²) in [5, 5.41) is 22.1. The van der Waals surface area contributed by atoms with Crippen molar-refractivity contribution in [1.29, 1.82) is 0 Å². The molecule has 110 valence electrons. The molecule has 0 aliphatic carbocycles. The minimum Gasteiger partial charge on any atom is -0.478 e. The van der Waals surface area contributed by atoms with Crippen molar-refractivity contribution >= 4 is 23.5 Å². The summed E-state index contributed by atoms with van der Waals surface area (Å²) in [6.45, 7) is 3.23. The number of benzene rings is 1. The highest BCUT2D eigenvalue weighted by atomic mass is 35.5. The lowest BCUT2D eigenvalue weighted by molar-refractivity contribution is -0.133. The zero-order valence-electron chi connectivity index (χ0n) is 11.5. The van der Waals surface area contributed by atoms with Crippen LogP contribution in [0.3, 0.4) is 0 Å². The van der Waals surface area contributed by atoms with Crippen LogP contribution in [0.5, 0.6) is 0 Å². The van der Waals surface area contributed by atoms with Crippen LogP contribution in [0.15, 0.2) is 46.8 Å². The Kier molecular flexibility index (Phi) is 4.04. The number of carboxylic acids is 2. The third kappa shape index (κ3) is 2.78. The molecule has 1 aromatic carbocycles. The first-order valence-electron chi connectivity index (χ1n) is 6.23. The normalized spacial score (nSPS) is 16.0. The van der Waals surface area contributed by atoms with E-state index in [-0.39, 0.29) is 11.1 Å². The molecule has 0 spiro atoms. The van der Waals surface area contributed by atoms with Crippen molar-refractivity contribution in [3.63, 3.8) is 0 Å². The van der Waals surface area contributed by atoms with E-state index >= 15 is 0 Å². The molecule has 0 aromatic heterocycles. The maximum absolute atomic E-state index is 11.6. The van der Waals surface area contributed by atoms with Gasteiger partial charge < -0.3 is 15.5 Å². The molecule has 21 heavy (non-hydrogen) atoms. The van der Waals surface area contributed by atoms with Crippen molar-refractivity contribution in [3.8, 4) is 0 Å². The highest BCUT2D eigenvalue weighted by molar-refractivity contribution is 6.30. The fourth-order valence-corrected chi connectivity index (χ4v) is 2.78. The van der Waals surface area contributed by atoms with Crippen LogP contribution in [-0.2, 0) is 9.59 Å². The summed E-state index contributed by atoms with van der Waals surface area (Å²) in [5.41, 5.74) is 1.42. The summed E-state index contributed by atoms with van der Waals surface area (Å²) in [6.07, 6.45) is 0. The molecule has 1 aliphatic heterocycles. The molecule has 1 aliphatic rings. The first-order valence-corrected chi connectivity index (χ1v) is 6.61. The first kappa shape index (κ1) is 15.1. The lowest BCUT2D eigenvalue weighted by Crippen LogP contribution is -2.30. The third-order valence-electron chi connectivity index (χ3n) is 3.40. The van der Waals surface area contributed by atoms with Crippen LogP contribution in [-0.4, -0.2) is 22.2 Å². The number of nitrogens with one attached hydrogen (secondary N) is 1. The molecule has 2 rings (SSSR count). The molecule has 0 saturated carbocycles. The van der Waals surface area contributed by atoms with Gasteiger partial charge in [0.15, 0.2) is 0 Å². The predicted molar refractivity (Wildman–Crippen MR) is 78.0 cm³/mol. The van der Waals surface area contributed by atoms with Gasteiger partial charge in [-0.15, -0.1) is 0 Å². The van der Waals surface area contributed by atoms with Gasteiger partial charge >= 0.3 is 11.9 Å². The summed E-state index contributed by atoms with van der Waals surface area (Å²) in [6, 6.07) is 6.59. The molecule has 3 N–H and O–H groups in total. The average Bonchev–Trinajstić information content (AvgIpc) is 2.36. The molecule has 1 heterocycles. The number of halogens is 1. The molecule has 5 nitrogen and oxygen atoms in total. The molecular formula is C15H14ClNO4. The van der Waals surface area contributed by atoms with Crippen LogP contribution < -0.4 is 5.32 Å². The van der Waals surface area contributed by atoms with Crippen molar-refractivity contribution in [1.82, 2.24) is 5.32 Å². The van der Waals surface area contributed by atoms with Crippen molar-refractivity contribution in [3.05, 3.63) is 57.4 Å². The SMILES string of the molecule is CC1=C(C(=O)O)C(c2cccc(Cl)c2)C(C(=O)O)=C(C)N1. The monoisotopic (exact) mass is 307 g/mol. The van der Waals surface area contributed by atoms with E-state index in [4.69, 9.17) is 11.6 Å². The maximum atomic E-state index is 11.6. The molecule has 0 amide bonds. The van der Waals surface area contributed by atoms with Crippen molar-refractivity contribution in [2.24, 2.45) is 0 Å². The molecule has 0 unspecified atom stereocenters. The predicted octanol–water partition coefficient (Wildman–Crippen LogP) is 2.74. The third-order valence-corrected chi connectivity index (χ3v) is 3.64. The lowest BCUT2D eigenvalue weighted by Gasteiger charge is -2.28. The quantitative estimate of drug-likeness (QED) is 0.799. The lowest BCUT2D eigenvalue weighted by atomic mass is 9.80. The Bertz CT molecular complexity index is 655. The van der Waals surface area contributed by atoms with Gasteiger partial charge in [0.25, 0.3) is 0 Å². The van der Waals surface area contributed by atoms with Crippen LogP contribution in [0.2, 0.25) is 5.02 Å². The molecule has 6 heteroatoms. The molecule has 1 aromatic rings. The van der Waals surface area contributed by atoms with Crippen molar-refractivity contribution in [2.45, 2.75) is 19.8 Å². The Hall–Kier alpha value is -2.27. The second-order valence-corrected chi connectivity index (χ2v) is 5.24. The minimum atomic E-state index is -1.16. The molecular weight excluding hydrogens is 294 g/mol. The molecule has 0 radical (unpaired) electrons. The highest BCUT2D eigenvalue weighted by Crippen LogP contribution is 2.38. The number of aliphatic carboxylic acids is 2. The van der Waals surface area contributed by atoms with Gasteiger partial charge in [0.1, 0.15) is 0 Å². The Morgan fingerprint density at radius 2 is 1.62 bits per heavy atom. The van der Waals surface area contributed by atoms with Gasteiger partial charge in [-0.25, -0.2) is 9.59 Å². The minimum absolute atomic E-state index is 0.0141. The van der Waals surface area contributed by atoms with E-state index in [2.05, 4.69) is 5.32 Å². The number of hydrogen-bond donors (Lipinski definition) is 3. The zero-order valence-corrected chi connectivity index (χ0v) is 12.2. The fourth-order valence-electron chi connectivity index (χ4n) is 2.58. The molecule has 0 bridgehead atoms. The summed E-state index contributed by atoms with van der Waals surface area (Å²) in [7, 11) is 0. The Balaban J connectivity index is 2.70. The van der Waals surface area contributed by atoms with E-state index in [0.29, 0.717) is 22.0 Å². The molecule has 0 atom stereocenters. The number of dihydropyridines is 1. The molecule has 0 fully saturated rings. The van der Waals surface area contributed by atoms with E-state index in [1.54, 1.807) is 38.1 Å². The largest absolute Gasteiger partial charge is 0.478 e. The van der Waals surface area contributed by atoms with Crippen LogP contribution in [0.25, 0.3) is 0 Å². The van der Waals surface area contributed by atoms with Crippen LogP contribution >= 0.6 is 11.6 Å². The van der Waals surface area contributed by atoms with Crippen molar-refractivity contribution < 1.29 is 19.8 Å². The van der Waals surface area contributed by atoms with Gasteiger partial charge in [-0.05, 0) is 31.5 Å². The summed E-state index contributed by atoms with van der Waals surface area (Å²) < 4.78 is 0. The Morgan fingerprint density at radius 1 is 1.10 bits per heavy atom. The summed E-state index contributed by atoms with van der Waals surface area (Å²) in [4.78, 5) is 23.1. The summed E-state index contributed by atoms with van der Waals surface area (Å²) in [5.74, 6) is -3.17. The second kappa shape index (κ2) is 5.61. The maximum Gasteiger partial charge on any atom is 0.334 e. The van der Waals surface area contributed by atoms with Gasteiger partial charge in [-0.3, -0.25) is 0 Å². The number of allylic oxidation sites excluding steroid dienone is 2. The van der Waals surface area contributed by atoms with E-state index in [1.165, 1.54) is 0 Å². The fraction of sp³-hybridized carbons (Fsp3) is 0.200. The number of carbonyl (C=O) groups is 2. The highest BCUT2D eigenvalue weighted by Gasteiger charge is 2.36. The number of carboxylic acid groups (broad SMARTS) is 2. The first-order chi connectivity index (χ1) is 9.82. The van der Waals surface area contributed by atoms with Gasteiger partial charge in [0, 0.05) is 16.4 Å². The van der Waals surface area contributed by atoms with E-state index in [0.717, 1.165) is 0 Å². The Morgan fingerprint density at radius 3 is 2.05 bits per heavy atom. The Labute approximate surface area is 126 Å². The van der Waals surface area contributed by atoms with Crippen LogP contribution in [0, 0.1) is 0 Å². The topological polar surface area (TPSA) is 86.6 Å². The second-order valence-electron chi connectivity index (χ2n) is 4.80. The van der Waals surface area contributed by atoms with Gasteiger partial charge in [0.2, 0.25) is 0 Å². The van der Waals surface area contributed by atoms with Crippen LogP contribution in [0.1, 0.15) is 25.3 Å². The van der Waals surface area contributed by atoms with E-state index in [9.17, 15) is 19.8 Å². The van der Waals surface area contributed by atoms with Crippen molar-refractivity contribution in [2.75, 3.05) is 0 Å².